The number of ether oxygens (including phenoxy) is 2. The third-order valence-corrected chi connectivity index (χ3v) is 4.27. The van der Waals surface area contributed by atoms with Crippen molar-refractivity contribution in [1.82, 2.24) is 0 Å². The number of alkyl halides is 1. The van der Waals surface area contributed by atoms with Crippen LogP contribution in [0, 0.1) is 17.8 Å². The molecule has 1 saturated carbocycles. The lowest BCUT2D eigenvalue weighted by atomic mass is 9.86. The van der Waals surface area contributed by atoms with Gasteiger partial charge < -0.3 is 9.47 Å². The molecule has 1 aromatic rings. The lowest BCUT2D eigenvalue weighted by Crippen LogP contribution is -2.24. The van der Waals surface area contributed by atoms with Gasteiger partial charge in [0.2, 0.25) is 0 Å². The lowest BCUT2D eigenvalue weighted by Gasteiger charge is -2.28. The van der Waals surface area contributed by atoms with Crippen LogP contribution in [0.1, 0.15) is 44.6 Å². The highest BCUT2D eigenvalue weighted by molar-refractivity contribution is 6.19. The number of benzene rings is 1. The number of rotatable bonds is 4. The smallest absolute Gasteiger partial charge is 0.135 e. The summed E-state index contributed by atoms with van der Waals surface area (Å²) in [5, 5.41) is 0. The largest absolute Gasteiger partial charge is 0.497 e. The van der Waals surface area contributed by atoms with Gasteiger partial charge in [-0.15, -0.1) is 11.6 Å². The van der Waals surface area contributed by atoms with E-state index >= 15 is 0 Å². The van der Waals surface area contributed by atoms with Crippen molar-refractivity contribution in [2.24, 2.45) is 5.92 Å². The molecular formula is C18H23ClO2. The molecule has 0 N–H and O–H groups in total. The van der Waals surface area contributed by atoms with Crippen molar-refractivity contribution in [1.29, 1.82) is 0 Å². The van der Waals surface area contributed by atoms with Gasteiger partial charge in [0.25, 0.3) is 0 Å². The molecule has 0 saturated heterocycles. The Bertz CT molecular complexity index is 508. The van der Waals surface area contributed by atoms with Crippen LogP contribution in [0.5, 0.6) is 11.5 Å². The molecule has 0 heterocycles. The molecule has 0 amide bonds. The van der Waals surface area contributed by atoms with Gasteiger partial charge in [0.05, 0.1) is 24.7 Å². The normalized spacial score (nSPS) is 21.3. The Hall–Kier alpha value is -1.33. The molecule has 0 spiro atoms. The van der Waals surface area contributed by atoms with E-state index < -0.39 is 0 Å². The van der Waals surface area contributed by atoms with Crippen LogP contribution in [0.15, 0.2) is 18.2 Å². The summed E-state index contributed by atoms with van der Waals surface area (Å²) in [5.74, 6) is 8.77. The molecule has 0 aliphatic heterocycles. The highest BCUT2D eigenvalue weighted by atomic mass is 35.5. The maximum absolute atomic E-state index is 6.17. The first-order valence-corrected chi connectivity index (χ1v) is 8.19. The van der Waals surface area contributed by atoms with E-state index in [9.17, 15) is 0 Å². The minimum absolute atomic E-state index is 0.303. The van der Waals surface area contributed by atoms with Gasteiger partial charge in [-0.1, -0.05) is 25.2 Å². The van der Waals surface area contributed by atoms with E-state index in [2.05, 4.69) is 18.8 Å². The lowest BCUT2D eigenvalue weighted by molar-refractivity contribution is 0.129. The van der Waals surface area contributed by atoms with Crippen LogP contribution in [0.4, 0.5) is 0 Å². The Labute approximate surface area is 132 Å². The maximum atomic E-state index is 6.17. The zero-order valence-electron chi connectivity index (χ0n) is 12.8. The topological polar surface area (TPSA) is 18.5 Å². The number of methoxy groups -OCH3 is 1. The Kier molecular flexibility index (Phi) is 6.26. The highest BCUT2D eigenvalue weighted by Gasteiger charge is 2.21. The molecule has 114 valence electrons. The van der Waals surface area contributed by atoms with Crippen molar-refractivity contribution in [3.05, 3.63) is 23.8 Å². The van der Waals surface area contributed by atoms with E-state index in [1.165, 1.54) is 19.3 Å². The number of hydrogen-bond donors (Lipinski definition) is 0. The fraction of sp³-hybridized carbons (Fsp3) is 0.556. The van der Waals surface area contributed by atoms with Crippen molar-refractivity contribution in [3.8, 4) is 23.3 Å². The average molecular weight is 307 g/mol. The van der Waals surface area contributed by atoms with Gasteiger partial charge in [-0.3, -0.25) is 0 Å². The van der Waals surface area contributed by atoms with E-state index in [1.807, 2.05) is 18.2 Å². The standard InChI is InChI=1S/C18H23ClO2/c1-3-14-6-8-16(9-7-14)21-18-11-10-17(20-2)13-15(18)5-4-12-19/h10-11,13-14,16H,3,6-9,12H2,1-2H3. The molecule has 0 unspecified atom stereocenters. The summed E-state index contributed by atoms with van der Waals surface area (Å²) in [6.07, 6.45) is 6.37. The second-order valence-corrected chi connectivity index (χ2v) is 5.73. The van der Waals surface area contributed by atoms with E-state index in [0.717, 1.165) is 35.8 Å². The van der Waals surface area contributed by atoms with Gasteiger partial charge in [0.15, 0.2) is 0 Å². The molecule has 0 bridgehead atoms. The van der Waals surface area contributed by atoms with Crippen molar-refractivity contribution < 1.29 is 9.47 Å². The number of hydrogen-bond acceptors (Lipinski definition) is 2. The van der Waals surface area contributed by atoms with E-state index in [0.29, 0.717) is 12.0 Å². The zero-order chi connectivity index (χ0) is 15.1. The summed E-state index contributed by atoms with van der Waals surface area (Å²) in [6, 6.07) is 5.77. The van der Waals surface area contributed by atoms with Crippen LogP contribution >= 0.6 is 11.6 Å². The molecule has 3 heteroatoms. The second kappa shape index (κ2) is 8.20. The first-order valence-electron chi connectivity index (χ1n) is 7.66. The SMILES string of the molecule is CCC1CCC(Oc2ccc(OC)cc2C#CCCl)CC1. The fourth-order valence-electron chi connectivity index (χ4n) is 2.80. The fourth-order valence-corrected chi connectivity index (χ4v) is 2.87. The van der Waals surface area contributed by atoms with Crippen molar-refractivity contribution in [2.75, 3.05) is 13.0 Å². The molecular weight excluding hydrogens is 284 g/mol. The molecule has 1 aromatic carbocycles. The molecule has 1 fully saturated rings. The van der Waals surface area contributed by atoms with Gasteiger partial charge >= 0.3 is 0 Å². The Morgan fingerprint density at radius 1 is 1.24 bits per heavy atom. The monoisotopic (exact) mass is 306 g/mol. The van der Waals surface area contributed by atoms with Gasteiger partial charge in [-0.2, -0.15) is 0 Å². The molecule has 2 rings (SSSR count). The Morgan fingerprint density at radius 2 is 2.00 bits per heavy atom. The van der Waals surface area contributed by atoms with Gasteiger partial charge in [-0.25, -0.2) is 0 Å². The van der Waals surface area contributed by atoms with Gasteiger partial charge in [0.1, 0.15) is 11.5 Å². The zero-order valence-corrected chi connectivity index (χ0v) is 13.6. The van der Waals surface area contributed by atoms with Crippen LogP contribution in [0.2, 0.25) is 0 Å². The van der Waals surface area contributed by atoms with Crippen LogP contribution in [0.3, 0.4) is 0 Å². The van der Waals surface area contributed by atoms with Gasteiger partial charge in [-0.05, 0) is 49.8 Å². The summed E-state index contributed by atoms with van der Waals surface area (Å²) < 4.78 is 11.4. The Morgan fingerprint density at radius 3 is 2.62 bits per heavy atom. The van der Waals surface area contributed by atoms with E-state index in [1.54, 1.807) is 7.11 Å². The highest BCUT2D eigenvalue weighted by Crippen LogP contribution is 2.31. The van der Waals surface area contributed by atoms with E-state index in [4.69, 9.17) is 21.1 Å². The number of halogens is 1. The predicted octanol–water partition coefficient (Wildman–Crippen LogP) is 4.63. The molecule has 21 heavy (non-hydrogen) atoms. The first kappa shape index (κ1) is 16.0. The minimum atomic E-state index is 0.303. The summed E-state index contributed by atoms with van der Waals surface area (Å²) >= 11 is 5.66. The average Bonchev–Trinajstić information content (AvgIpc) is 2.54. The van der Waals surface area contributed by atoms with Crippen LogP contribution < -0.4 is 9.47 Å². The van der Waals surface area contributed by atoms with Crippen molar-refractivity contribution >= 4 is 11.6 Å². The second-order valence-electron chi connectivity index (χ2n) is 5.47. The van der Waals surface area contributed by atoms with Crippen molar-refractivity contribution in [3.63, 3.8) is 0 Å². The van der Waals surface area contributed by atoms with E-state index in [-0.39, 0.29) is 0 Å². The van der Waals surface area contributed by atoms with Crippen LogP contribution in [-0.2, 0) is 0 Å². The molecule has 2 nitrogen and oxygen atoms in total. The quantitative estimate of drug-likeness (QED) is 0.596. The third-order valence-electron chi connectivity index (χ3n) is 4.14. The molecule has 1 aliphatic rings. The minimum Gasteiger partial charge on any atom is -0.497 e. The molecule has 0 atom stereocenters. The third kappa shape index (κ3) is 4.58. The summed E-state index contributed by atoms with van der Waals surface area (Å²) in [6.45, 7) is 2.27. The summed E-state index contributed by atoms with van der Waals surface area (Å²) in [5.41, 5.74) is 0.854. The predicted molar refractivity (Wildman–Crippen MR) is 87.3 cm³/mol. The first-order chi connectivity index (χ1) is 10.3. The maximum Gasteiger partial charge on any atom is 0.135 e. The summed E-state index contributed by atoms with van der Waals surface area (Å²) in [7, 11) is 1.65. The molecule has 0 aromatic heterocycles. The molecule has 1 aliphatic carbocycles. The summed E-state index contributed by atoms with van der Waals surface area (Å²) in [4.78, 5) is 0. The van der Waals surface area contributed by atoms with Gasteiger partial charge in [0, 0.05) is 0 Å². The van der Waals surface area contributed by atoms with Crippen LogP contribution in [-0.4, -0.2) is 19.1 Å². The Balaban J connectivity index is 2.08. The van der Waals surface area contributed by atoms with Crippen LogP contribution in [0.25, 0.3) is 0 Å². The van der Waals surface area contributed by atoms with Crippen molar-refractivity contribution in [2.45, 2.75) is 45.1 Å². The molecule has 0 radical (unpaired) electrons.